The Morgan fingerprint density at radius 3 is 2.64 bits per heavy atom. The normalized spacial score (nSPS) is 23.8. The van der Waals surface area contributed by atoms with Gasteiger partial charge in [-0.25, -0.2) is 18.7 Å². The van der Waals surface area contributed by atoms with E-state index in [1.807, 2.05) is 11.1 Å². The van der Waals surface area contributed by atoms with E-state index in [0.29, 0.717) is 39.0 Å². The Hall–Kier alpha value is -3.01. The molecule has 10 heteroatoms. The van der Waals surface area contributed by atoms with Gasteiger partial charge in [-0.1, -0.05) is 0 Å². The van der Waals surface area contributed by atoms with Crippen LogP contribution < -0.4 is 15.0 Å². The number of likely N-dealkylation sites (tertiary alicyclic amines) is 1. The fraction of sp³-hybridized carbons (Fsp3) is 0.577. The minimum atomic E-state index is -0.686. The number of hydrogen-bond donors (Lipinski definition) is 1. The monoisotopic (exact) mass is 499 g/mol. The number of benzene rings is 1. The molecule has 1 saturated carbocycles. The summed E-state index contributed by atoms with van der Waals surface area (Å²) >= 11 is 0. The number of hydrogen-bond acceptors (Lipinski definition) is 7. The number of carbonyl (C=O) groups excluding carboxylic acids is 1. The summed E-state index contributed by atoms with van der Waals surface area (Å²) in [5.41, 5.74) is 0.537. The molecule has 8 nitrogen and oxygen atoms in total. The standard InChI is InChI=1S/C26H31F2N5O3/c27-17-3-4-21(20(28)14-17)36-19-5-11-32(12-6-19)25-24(30-18-7-13-35-16-18)31-22(15-29-25)26(8-9-26)33-10-1-2-23(33)34/h3-4,14-15,18-19H,1-2,5-13,16H2,(H,30,31)/t18-/m1/s1. The number of piperidine rings is 1. The molecule has 2 aromatic rings. The highest BCUT2D eigenvalue weighted by Gasteiger charge is 2.54. The van der Waals surface area contributed by atoms with Gasteiger partial charge in [0.2, 0.25) is 5.91 Å². The molecule has 4 fully saturated rings. The number of amides is 1. The maximum atomic E-state index is 14.0. The number of aromatic nitrogens is 2. The predicted molar refractivity (Wildman–Crippen MR) is 129 cm³/mol. The number of nitrogens with zero attached hydrogens (tertiary/aromatic N) is 4. The zero-order valence-corrected chi connectivity index (χ0v) is 20.2. The van der Waals surface area contributed by atoms with Crippen LogP contribution in [0.4, 0.5) is 20.4 Å². The van der Waals surface area contributed by atoms with Crippen molar-refractivity contribution in [3.8, 4) is 5.75 Å². The van der Waals surface area contributed by atoms with Crippen molar-refractivity contribution in [2.75, 3.05) is 43.1 Å². The third-order valence-electron chi connectivity index (χ3n) is 7.74. The largest absolute Gasteiger partial charge is 0.487 e. The van der Waals surface area contributed by atoms with Gasteiger partial charge in [0.15, 0.2) is 23.2 Å². The van der Waals surface area contributed by atoms with Crippen LogP contribution in [0.5, 0.6) is 5.75 Å². The van der Waals surface area contributed by atoms with Crippen LogP contribution >= 0.6 is 0 Å². The Labute approximate surface area is 209 Å². The summed E-state index contributed by atoms with van der Waals surface area (Å²) in [4.78, 5) is 26.6. The van der Waals surface area contributed by atoms with E-state index in [1.54, 1.807) is 0 Å². The van der Waals surface area contributed by atoms with E-state index < -0.39 is 11.6 Å². The Bertz CT molecular complexity index is 1130. The second-order valence-corrected chi connectivity index (χ2v) is 10.2. The Kier molecular flexibility index (Phi) is 6.15. The predicted octanol–water partition coefficient (Wildman–Crippen LogP) is 3.61. The average molecular weight is 500 g/mol. The first-order valence-corrected chi connectivity index (χ1v) is 12.9. The van der Waals surface area contributed by atoms with Gasteiger partial charge < -0.3 is 24.6 Å². The maximum absolute atomic E-state index is 14.0. The minimum absolute atomic E-state index is 0.0776. The zero-order valence-electron chi connectivity index (χ0n) is 20.2. The van der Waals surface area contributed by atoms with Gasteiger partial charge in [-0.3, -0.25) is 4.79 Å². The molecule has 3 aliphatic heterocycles. The van der Waals surface area contributed by atoms with Crippen molar-refractivity contribution in [1.29, 1.82) is 0 Å². The molecule has 3 saturated heterocycles. The van der Waals surface area contributed by atoms with Crippen LogP contribution in [0.1, 0.15) is 50.6 Å². The van der Waals surface area contributed by atoms with E-state index in [9.17, 15) is 13.6 Å². The van der Waals surface area contributed by atoms with Crippen LogP contribution in [0.25, 0.3) is 0 Å². The Morgan fingerprint density at radius 2 is 1.97 bits per heavy atom. The van der Waals surface area contributed by atoms with E-state index in [4.69, 9.17) is 19.4 Å². The van der Waals surface area contributed by atoms with Crippen LogP contribution in [0.2, 0.25) is 0 Å². The molecule has 4 aliphatic rings. The SMILES string of the molecule is O=C1CCCN1C1(c2cnc(N3CCC(Oc4ccc(F)cc4F)CC3)c(N[C@@H]3CCOC3)n2)CC1. The summed E-state index contributed by atoms with van der Waals surface area (Å²) in [6.45, 7) is 3.47. The fourth-order valence-corrected chi connectivity index (χ4v) is 5.60. The molecular weight excluding hydrogens is 468 g/mol. The molecule has 1 atom stereocenters. The lowest BCUT2D eigenvalue weighted by Gasteiger charge is -2.34. The third-order valence-corrected chi connectivity index (χ3v) is 7.74. The van der Waals surface area contributed by atoms with Crippen molar-refractivity contribution in [2.24, 2.45) is 0 Å². The number of ether oxygens (including phenoxy) is 2. The lowest BCUT2D eigenvalue weighted by Crippen LogP contribution is -2.40. The third kappa shape index (κ3) is 4.47. The average Bonchev–Trinajstić information content (AvgIpc) is 3.28. The number of halogens is 2. The van der Waals surface area contributed by atoms with Crippen LogP contribution in [-0.2, 0) is 15.1 Å². The molecule has 6 rings (SSSR count). The molecule has 1 N–H and O–H groups in total. The van der Waals surface area contributed by atoms with Crippen LogP contribution in [0.3, 0.4) is 0 Å². The quantitative estimate of drug-likeness (QED) is 0.624. The molecule has 36 heavy (non-hydrogen) atoms. The molecule has 192 valence electrons. The molecule has 4 heterocycles. The van der Waals surface area contributed by atoms with E-state index in [2.05, 4.69) is 10.2 Å². The van der Waals surface area contributed by atoms with Crippen molar-refractivity contribution in [2.45, 2.75) is 62.6 Å². The van der Waals surface area contributed by atoms with E-state index in [1.165, 1.54) is 12.1 Å². The van der Waals surface area contributed by atoms with Gasteiger partial charge in [0.05, 0.1) is 30.1 Å². The molecular formula is C26H31F2N5O3. The number of rotatable bonds is 7. The van der Waals surface area contributed by atoms with Crippen molar-refractivity contribution in [3.63, 3.8) is 0 Å². The van der Waals surface area contributed by atoms with Gasteiger partial charge in [0.1, 0.15) is 11.9 Å². The highest BCUT2D eigenvalue weighted by Crippen LogP contribution is 2.52. The summed E-state index contributed by atoms with van der Waals surface area (Å²) in [7, 11) is 0. The van der Waals surface area contributed by atoms with Crippen LogP contribution in [-0.4, -0.2) is 65.8 Å². The van der Waals surface area contributed by atoms with Crippen LogP contribution in [0, 0.1) is 11.6 Å². The summed E-state index contributed by atoms with van der Waals surface area (Å²) in [5, 5.41) is 3.55. The molecule has 1 amide bonds. The summed E-state index contributed by atoms with van der Waals surface area (Å²) < 4.78 is 38.6. The van der Waals surface area contributed by atoms with Crippen molar-refractivity contribution < 1.29 is 23.0 Å². The number of anilines is 2. The minimum Gasteiger partial charge on any atom is -0.487 e. The van der Waals surface area contributed by atoms with Crippen LogP contribution in [0.15, 0.2) is 24.4 Å². The van der Waals surface area contributed by atoms with Gasteiger partial charge in [-0.05, 0) is 37.8 Å². The Balaban J connectivity index is 1.20. The fourth-order valence-electron chi connectivity index (χ4n) is 5.60. The molecule has 1 aromatic heterocycles. The highest BCUT2D eigenvalue weighted by atomic mass is 19.1. The molecule has 0 radical (unpaired) electrons. The summed E-state index contributed by atoms with van der Waals surface area (Å²) in [6, 6.07) is 3.55. The van der Waals surface area contributed by atoms with Gasteiger partial charge in [0, 0.05) is 51.6 Å². The van der Waals surface area contributed by atoms with Crippen molar-refractivity contribution >= 4 is 17.5 Å². The van der Waals surface area contributed by atoms with Gasteiger partial charge >= 0.3 is 0 Å². The van der Waals surface area contributed by atoms with Gasteiger partial charge in [-0.15, -0.1) is 0 Å². The maximum Gasteiger partial charge on any atom is 0.223 e. The van der Waals surface area contributed by atoms with Gasteiger partial charge in [-0.2, -0.15) is 0 Å². The number of carbonyl (C=O) groups is 1. The van der Waals surface area contributed by atoms with Gasteiger partial charge in [0.25, 0.3) is 0 Å². The van der Waals surface area contributed by atoms with Crippen molar-refractivity contribution in [3.05, 3.63) is 41.7 Å². The van der Waals surface area contributed by atoms with E-state index in [0.717, 1.165) is 62.2 Å². The lowest BCUT2D eigenvalue weighted by molar-refractivity contribution is -0.130. The molecule has 0 unspecified atom stereocenters. The summed E-state index contributed by atoms with van der Waals surface area (Å²) in [5.74, 6) is 0.483. The second-order valence-electron chi connectivity index (χ2n) is 10.2. The molecule has 0 bridgehead atoms. The first-order valence-electron chi connectivity index (χ1n) is 12.9. The lowest BCUT2D eigenvalue weighted by atomic mass is 10.1. The van der Waals surface area contributed by atoms with E-state index >= 15 is 0 Å². The Morgan fingerprint density at radius 1 is 1.14 bits per heavy atom. The first-order chi connectivity index (χ1) is 17.5. The highest BCUT2D eigenvalue weighted by molar-refractivity contribution is 5.79. The molecule has 0 spiro atoms. The molecule has 1 aliphatic carbocycles. The topological polar surface area (TPSA) is 79.8 Å². The smallest absolute Gasteiger partial charge is 0.223 e. The summed E-state index contributed by atoms with van der Waals surface area (Å²) in [6.07, 6.45) is 7.27. The number of nitrogens with one attached hydrogen (secondary N) is 1. The first kappa shape index (κ1) is 23.4. The second kappa shape index (κ2) is 9.46. The van der Waals surface area contributed by atoms with Crippen molar-refractivity contribution in [1.82, 2.24) is 14.9 Å². The van der Waals surface area contributed by atoms with E-state index in [-0.39, 0.29) is 29.3 Å². The zero-order chi connectivity index (χ0) is 24.7. The molecule has 1 aromatic carbocycles.